The number of benzene rings is 2. The van der Waals surface area contributed by atoms with E-state index in [1.165, 1.54) is 27.4 Å². The van der Waals surface area contributed by atoms with E-state index in [1.54, 1.807) is 6.07 Å². The molecule has 5 nitrogen and oxygen atoms in total. The van der Waals surface area contributed by atoms with E-state index in [2.05, 4.69) is 42.3 Å². The Morgan fingerprint density at radius 3 is 2.85 bits per heavy atom. The summed E-state index contributed by atoms with van der Waals surface area (Å²) in [5.41, 5.74) is 5.59. The number of nitrogens with one attached hydrogen (secondary N) is 1. The number of hydrogen-bond acceptors (Lipinski definition) is 4. The van der Waals surface area contributed by atoms with Crippen molar-refractivity contribution in [2.24, 2.45) is 0 Å². The molecule has 0 spiro atoms. The zero-order chi connectivity index (χ0) is 19.0. The van der Waals surface area contributed by atoms with Gasteiger partial charge in [0.25, 0.3) is 0 Å². The van der Waals surface area contributed by atoms with Crippen molar-refractivity contribution in [1.82, 2.24) is 4.98 Å². The molecule has 0 radical (unpaired) electrons. The molecule has 2 aromatic carbocycles. The number of thiazole rings is 1. The van der Waals surface area contributed by atoms with Crippen molar-refractivity contribution in [3.8, 4) is 10.6 Å². The van der Waals surface area contributed by atoms with Crippen molar-refractivity contribution in [3.05, 3.63) is 64.7 Å². The van der Waals surface area contributed by atoms with Gasteiger partial charge < -0.3 is 10.2 Å². The topological polar surface area (TPSA) is 62.3 Å². The van der Waals surface area contributed by atoms with Gasteiger partial charge in [-0.2, -0.15) is 0 Å². The fourth-order valence-electron chi connectivity index (χ4n) is 3.27. The van der Waals surface area contributed by atoms with Crippen molar-refractivity contribution < 1.29 is 9.59 Å². The van der Waals surface area contributed by atoms with E-state index >= 15 is 0 Å². The summed E-state index contributed by atoms with van der Waals surface area (Å²) < 4.78 is 0. The molecule has 0 aliphatic carbocycles. The van der Waals surface area contributed by atoms with Gasteiger partial charge in [-0.3, -0.25) is 9.59 Å². The van der Waals surface area contributed by atoms with Gasteiger partial charge in [-0.15, -0.1) is 11.3 Å². The molecule has 0 bridgehead atoms. The number of rotatable bonds is 3. The van der Waals surface area contributed by atoms with Crippen LogP contribution in [0.2, 0.25) is 0 Å². The average Bonchev–Trinajstić information content (AvgIpc) is 3.09. The molecule has 3 aromatic rings. The number of para-hydroxylation sites is 2. The zero-order valence-corrected chi connectivity index (χ0v) is 16.0. The molecule has 1 aliphatic heterocycles. The molecule has 6 heteroatoms. The van der Waals surface area contributed by atoms with E-state index in [1.807, 2.05) is 23.6 Å². The second-order valence-corrected chi connectivity index (χ2v) is 7.54. The highest BCUT2D eigenvalue weighted by Gasteiger charge is 2.27. The molecule has 0 fully saturated rings. The van der Waals surface area contributed by atoms with Crippen LogP contribution in [0.1, 0.15) is 16.8 Å². The Morgan fingerprint density at radius 1 is 1.22 bits per heavy atom. The number of carbonyl (C=O) groups excluding carboxylic acids is 2. The van der Waals surface area contributed by atoms with Crippen LogP contribution in [-0.4, -0.2) is 23.3 Å². The van der Waals surface area contributed by atoms with Crippen molar-refractivity contribution in [1.29, 1.82) is 0 Å². The predicted octanol–water partition coefficient (Wildman–Crippen LogP) is 3.95. The molecule has 1 N–H and O–H groups in total. The SMILES string of the molecule is Cc1ccc(-c2nc(CC(=O)N3CC(=O)Nc4ccccc43)cs2)c(C)c1. The summed E-state index contributed by atoms with van der Waals surface area (Å²) >= 11 is 1.54. The minimum atomic E-state index is -0.184. The summed E-state index contributed by atoms with van der Waals surface area (Å²) in [6, 6.07) is 13.6. The summed E-state index contributed by atoms with van der Waals surface area (Å²) in [7, 11) is 0. The number of amides is 2. The molecule has 136 valence electrons. The Balaban J connectivity index is 1.56. The lowest BCUT2D eigenvalue weighted by atomic mass is 10.1. The minimum Gasteiger partial charge on any atom is -0.323 e. The van der Waals surface area contributed by atoms with Crippen LogP contribution in [0.5, 0.6) is 0 Å². The summed E-state index contributed by atoms with van der Waals surface area (Å²) in [4.78, 5) is 31.0. The summed E-state index contributed by atoms with van der Waals surface area (Å²) in [6.45, 7) is 4.16. The third kappa shape index (κ3) is 3.48. The number of fused-ring (bicyclic) bond motifs is 1. The van der Waals surface area contributed by atoms with Gasteiger partial charge in [0.1, 0.15) is 11.6 Å². The van der Waals surface area contributed by atoms with Crippen LogP contribution in [0.4, 0.5) is 11.4 Å². The molecule has 0 atom stereocenters. The lowest BCUT2D eigenvalue weighted by Crippen LogP contribution is -2.42. The summed E-state index contributed by atoms with van der Waals surface area (Å²) in [5.74, 6) is -0.314. The highest BCUT2D eigenvalue weighted by atomic mass is 32.1. The van der Waals surface area contributed by atoms with E-state index < -0.39 is 0 Å². The van der Waals surface area contributed by atoms with Gasteiger partial charge in [0.2, 0.25) is 11.8 Å². The first kappa shape index (κ1) is 17.4. The molecule has 0 saturated carbocycles. The minimum absolute atomic E-state index is 0.0317. The van der Waals surface area contributed by atoms with Gasteiger partial charge in [-0.05, 0) is 31.5 Å². The molecule has 27 heavy (non-hydrogen) atoms. The normalized spacial score (nSPS) is 13.3. The first-order chi connectivity index (χ1) is 13.0. The van der Waals surface area contributed by atoms with Gasteiger partial charge in [0, 0.05) is 10.9 Å². The molecular formula is C21H19N3O2S. The predicted molar refractivity (Wildman–Crippen MR) is 108 cm³/mol. The van der Waals surface area contributed by atoms with Crippen LogP contribution >= 0.6 is 11.3 Å². The van der Waals surface area contributed by atoms with Gasteiger partial charge in [0.15, 0.2) is 0 Å². The maximum atomic E-state index is 12.8. The number of hydrogen-bond donors (Lipinski definition) is 1. The molecule has 4 rings (SSSR count). The highest BCUT2D eigenvalue weighted by Crippen LogP contribution is 2.31. The number of aromatic nitrogens is 1. The van der Waals surface area contributed by atoms with Gasteiger partial charge in [0.05, 0.1) is 23.5 Å². The summed E-state index contributed by atoms with van der Waals surface area (Å²) in [6.07, 6.45) is 0.170. The number of anilines is 2. The van der Waals surface area contributed by atoms with Crippen LogP contribution in [0, 0.1) is 13.8 Å². The fraction of sp³-hybridized carbons (Fsp3) is 0.190. The largest absolute Gasteiger partial charge is 0.323 e. The lowest BCUT2D eigenvalue weighted by Gasteiger charge is -2.29. The third-order valence-corrected chi connectivity index (χ3v) is 5.49. The van der Waals surface area contributed by atoms with E-state index in [-0.39, 0.29) is 24.8 Å². The van der Waals surface area contributed by atoms with Crippen molar-refractivity contribution in [2.45, 2.75) is 20.3 Å². The average molecular weight is 377 g/mol. The number of nitrogens with zero attached hydrogens (tertiary/aromatic N) is 2. The second-order valence-electron chi connectivity index (χ2n) is 6.68. The zero-order valence-electron chi connectivity index (χ0n) is 15.2. The van der Waals surface area contributed by atoms with Gasteiger partial charge in [-0.25, -0.2) is 4.98 Å². The van der Waals surface area contributed by atoms with Crippen LogP contribution in [0.15, 0.2) is 47.8 Å². The molecule has 0 unspecified atom stereocenters. The van der Waals surface area contributed by atoms with Crippen LogP contribution in [0.25, 0.3) is 10.6 Å². The van der Waals surface area contributed by atoms with E-state index in [9.17, 15) is 9.59 Å². The standard InChI is InChI=1S/C21H19N3O2S/c1-13-7-8-16(14(2)9-13)21-22-15(12-27-21)10-20(26)24-11-19(25)23-17-5-3-4-6-18(17)24/h3-9,12H,10-11H2,1-2H3,(H,23,25). The van der Waals surface area contributed by atoms with Crippen LogP contribution in [0.3, 0.4) is 0 Å². The summed E-state index contributed by atoms with van der Waals surface area (Å²) in [5, 5.41) is 5.63. The quantitative estimate of drug-likeness (QED) is 0.752. The van der Waals surface area contributed by atoms with E-state index in [0.717, 1.165) is 22.0 Å². The molecule has 2 heterocycles. The first-order valence-electron chi connectivity index (χ1n) is 8.72. The fourth-order valence-corrected chi connectivity index (χ4v) is 4.18. The molecule has 2 amide bonds. The Morgan fingerprint density at radius 2 is 2.04 bits per heavy atom. The second kappa shape index (κ2) is 6.96. The Labute approximate surface area is 161 Å². The highest BCUT2D eigenvalue weighted by molar-refractivity contribution is 7.13. The van der Waals surface area contributed by atoms with Crippen LogP contribution in [-0.2, 0) is 16.0 Å². The molecular weight excluding hydrogens is 358 g/mol. The van der Waals surface area contributed by atoms with Crippen molar-refractivity contribution in [2.75, 3.05) is 16.8 Å². The van der Waals surface area contributed by atoms with Gasteiger partial charge in [-0.1, -0.05) is 35.9 Å². The van der Waals surface area contributed by atoms with E-state index in [0.29, 0.717) is 5.69 Å². The molecule has 0 saturated heterocycles. The Bertz CT molecular complexity index is 1040. The van der Waals surface area contributed by atoms with Crippen molar-refractivity contribution in [3.63, 3.8) is 0 Å². The smallest absolute Gasteiger partial charge is 0.244 e. The van der Waals surface area contributed by atoms with E-state index in [4.69, 9.17) is 0 Å². The maximum absolute atomic E-state index is 12.8. The first-order valence-corrected chi connectivity index (χ1v) is 9.60. The van der Waals surface area contributed by atoms with Crippen molar-refractivity contribution >= 4 is 34.5 Å². The maximum Gasteiger partial charge on any atom is 0.244 e. The number of aryl methyl sites for hydroxylation is 2. The molecule has 1 aromatic heterocycles. The molecule has 1 aliphatic rings. The Kier molecular flexibility index (Phi) is 4.49. The van der Waals surface area contributed by atoms with Crippen LogP contribution < -0.4 is 10.2 Å². The third-order valence-electron chi connectivity index (χ3n) is 4.57. The van der Waals surface area contributed by atoms with Gasteiger partial charge >= 0.3 is 0 Å². The Hall–Kier alpha value is -2.99. The monoisotopic (exact) mass is 377 g/mol. The lowest BCUT2D eigenvalue weighted by molar-refractivity contribution is -0.121. The number of carbonyl (C=O) groups is 2.